The first-order valence-electron chi connectivity index (χ1n) is 11.4. The summed E-state index contributed by atoms with van der Waals surface area (Å²) in [6, 6.07) is 12.0. The molecule has 26 heavy (non-hydrogen) atoms. The molecule has 2 nitrogen and oxygen atoms in total. The number of nitrogens with zero attached hydrogens (tertiary/aromatic N) is 1. The van der Waals surface area contributed by atoms with E-state index in [0.29, 0.717) is 5.54 Å². The standard InChI is InChI=1S/C24H40N2/c1-2-3-4-5-6-7-8-9-11-16-23-21-24(17-19-25-20-18-24)26(23)22-14-12-10-13-15-22/h10,12-15,23,25H,2-9,11,16-21H2,1H3. The number of unbranched alkanes of at least 4 members (excludes halogenated alkanes) is 8. The fraction of sp³-hybridized carbons (Fsp3) is 0.750. The van der Waals surface area contributed by atoms with Crippen molar-refractivity contribution in [1.29, 1.82) is 0 Å². The molecule has 0 radical (unpaired) electrons. The Balaban J connectivity index is 1.40. The summed E-state index contributed by atoms with van der Waals surface area (Å²) in [6.07, 6.45) is 18.3. The highest BCUT2D eigenvalue weighted by molar-refractivity contribution is 5.54. The van der Waals surface area contributed by atoms with Gasteiger partial charge >= 0.3 is 0 Å². The van der Waals surface area contributed by atoms with Crippen LogP contribution < -0.4 is 10.2 Å². The predicted octanol–water partition coefficient (Wildman–Crippen LogP) is 6.31. The molecule has 0 amide bonds. The molecule has 0 bridgehead atoms. The SMILES string of the molecule is CCCCCCCCCCCC1CC2(CCNCC2)N1c1ccccc1. The third-order valence-electron chi connectivity index (χ3n) is 6.70. The molecule has 2 fully saturated rings. The molecule has 0 aromatic heterocycles. The van der Waals surface area contributed by atoms with Crippen LogP contribution in [0, 0.1) is 0 Å². The molecule has 1 N–H and O–H groups in total. The first-order valence-corrected chi connectivity index (χ1v) is 11.4. The zero-order valence-corrected chi connectivity index (χ0v) is 17.0. The Kier molecular flexibility index (Phi) is 7.85. The van der Waals surface area contributed by atoms with Crippen LogP contribution in [0.25, 0.3) is 0 Å². The summed E-state index contributed by atoms with van der Waals surface area (Å²) in [4.78, 5) is 2.80. The highest BCUT2D eigenvalue weighted by atomic mass is 15.3. The van der Waals surface area contributed by atoms with Crippen LogP contribution >= 0.6 is 0 Å². The molecule has 1 atom stereocenters. The molecule has 2 saturated heterocycles. The molecule has 1 aromatic carbocycles. The highest BCUT2D eigenvalue weighted by Gasteiger charge is 2.51. The number of rotatable bonds is 11. The molecule has 1 spiro atoms. The Hall–Kier alpha value is -1.02. The number of para-hydroxylation sites is 1. The Bertz CT molecular complexity index is 492. The second-order valence-electron chi connectivity index (χ2n) is 8.65. The van der Waals surface area contributed by atoms with E-state index in [9.17, 15) is 0 Å². The fourth-order valence-corrected chi connectivity index (χ4v) is 5.24. The molecule has 2 aliphatic rings. The summed E-state index contributed by atoms with van der Waals surface area (Å²) in [5, 5.41) is 3.55. The zero-order valence-electron chi connectivity index (χ0n) is 17.0. The molecule has 1 aromatic rings. The van der Waals surface area contributed by atoms with E-state index in [2.05, 4.69) is 47.5 Å². The zero-order chi connectivity index (χ0) is 18.1. The lowest BCUT2D eigenvalue weighted by Crippen LogP contribution is -2.69. The lowest BCUT2D eigenvalue weighted by atomic mass is 9.70. The van der Waals surface area contributed by atoms with Crippen LogP contribution in [-0.4, -0.2) is 24.7 Å². The van der Waals surface area contributed by atoms with Gasteiger partial charge < -0.3 is 10.2 Å². The van der Waals surface area contributed by atoms with Crippen LogP contribution in [0.3, 0.4) is 0 Å². The third kappa shape index (κ3) is 5.03. The largest absolute Gasteiger partial charge is 0.363 e. The molecule has 2 aliphatic heterocycles. The van der Waals surface area contributed by atoms with Gasteiger partial charge in [-0.05, 0) is 50.9 Å². The minimum absolute atomic E-state index is 0.455. The maximum Gasteiger partial charge on any atom is 0.0449 e. The molecular formula is C24H40N2. The Morgan fingerprint density at radius 1 is 0.885 bits per heavy atom. The topological polar surface area (TPSA) is 15.3 Å². The number of hydrogen-bond acceptors (Lipinski definition) is 2. The van der Waals surface area contributed by atoms with Crippen molar-refractivity contribution < 1.29 is 0 Å². The number of nitrogens with one attached hydrogen (secondary N) is 1. The normalized spacial score (nSPS) is 21.7. The van der Waals surface area contributed by atoms with Crippen molar-refractivity contribution in [2.75, 3.05) is 18.0 Å². The quantitative estimate of drug-likeness (QED) is 0.467. The van der Waals surface area contributed by atoms with E-state index in [1.165, 1.54) is 102 Å². The summed E-state index contributed by atoms with van der Waals surface area (Å²) in [5.74, 6) is 0. The van der Waals surface area contributed by atoms with Gasteiger partial charge in [0.1, 0.15) is 0 Å². The van der Waals surface area contributed by atoms with Crippen LogP contribution in [0.2, 0.25) is 0 Å². The van der Waals surface area contributed by atoms with E-state index in [4.69, 9.17) is 0 Å². The van der Waals surface area contributed by atoms with Crippen molar-refractivity contribution in [2.24, 2.45) is 0 Å². The molecular weight excluding hydrogens is 316 g/mol. The summed E-state index contributed by atoms with van der Waals surface area (Å²) in [5.41, 5.74) is 1.91. The minimum Gasteiger partial charge on any atom is -0.363 e. The Morgan fingerprint density at radius 3 is 2.15 bits per heavy atom. The van der Waals surface area contributed by atoms with Crippen molar-refractivity contribution in [3.8, 4) is 0 Å². The minimum atomic E-state index is 0.455. The van der Waals surface area contributed by atoms with Gasteiger partial charge in [0.2, 0.25) is 0 Å². The van der Waals surface area contributed by atoms with Crippen molar-refractivity contribution in [1.82, 2.24) is 5.32 Å². The van der Waals surface area contributed by atoms with E-state index < -0.39 is 0 Å². The fourth-order valence-electron chi connectivity index (χ4n) is 5.24. The average molecular weight is 357 g/mol. The highest BCUT2D eigenvalue weighted by Crippen LogP contribution is 2.47. The van der Waals surface area contributed by atoms with E-state index in [-0.39, 0.29) is 0 Å². The van der Waals surface area contributed by atoms with Crippen molar-refractivity contribution in [3.63, 3.8) is 0 Å². The van der Waals surface area contributed by atoms with E-state index in [1.807, 2.05) is 0 Å². The van der Waals surface area contributed by atoms with Gasteiger partial charge in [-0.15, -0.1) is 0 Å². The molecule has 0 aliphatic carbocycles. The summed E-state index contributed by atoms with van der Waals surface area (Å²) >= 11 is 0. The van der Waals surface area contributed by atoms with Gasteiger partial charge in [0, 0.05) is 17.3 Å². The molecule has 146 valence electrons. The molecule has 2 heterocycles. The van der Waals surface area contributed by atoms with E-state index in [0.717, 1.165) is 6.04 Å². The van der Waals surface area contributed by atoms with Gasteiger partial charge in [-0.2, -0.15) is 0 Å². The van der Waals surface area contributed by atoms with Crippen LogP contribution in [0.15, 0.2) is 30.3 Å². The van der Waals surface area contributed by atoms with Crippen LogP contribution in [0.4, 0.5) is 5.69 Å². The van der Waals surface area contributed by atoms with Gasteiger partial charge in [0.05, 0.1) is 0 Å². The maximum atomic E-state index is 3.55. The summed E-state index contributed by atoms with van der Waals surface area (Å²) < 4.78 is 0. The van der Waals surface area contributed by atoms with E-state index in [1.54, 1.807) is 0 Å². The van der Waals surface area contributed by atoms with Crippen LogP contribution in [-0.2, 0) is 0 Å². The van der Waals surface area contributed by atoms with Crippen molar-refractivity contribution >= 4 is 5.69 Å². The molecule has 2 heteroatoms. The summed E-state index contributed by atoms with van der Waals surface area (Å²) in [7, 11) is 0. The third-order valence-corrected chi connectivity index (χ3v) is 6.70. The number of anilines is 1. The van der Waals surface area contributed by atoms with Crippen molar-refractivity contribution in [2.45, 2.75) is 102 Å². The van der Waals surface area contributed by atoms with Crippen LogP contribution in [0.5, 0.6) is 0 Å². The maximum absolute atomic E-state index is 3.55. The second kappa shape index (κ2) is 10.3. The molecule has 1 unspecified atom stereocenters. The lowest BCUT2D eigenvalue weighted by Gasteiger charge is -2.62. The Morgan fingerprint density at radius 2 is 1.50 bits per heavy atom. The first-order chi connectivity index (χ1) is 12.9. The molecule has 0 saturated carbocycles. The lowest BCUT2D eigenvalue weighted by molar-refractivity contribution is 0.146. The van der Waals surface area contributed by atoms with Gasteiger partial charge in [0.25, 0.3) is 0 Å². The average Bonchev–Trinajstić information content (AvgIpc) is 2.67. The van der Waals surface area contributed by atoms with Crippen LogP contribution in [0.1, 0.15) is 90.4 Å². The molecule has 3 rings (SSSR count). The van der Waals surface area contributed by atoms with Gasteiger partial charge in [0.15, 0.2) is 0 Å². The number of piperidine rings is 1. The monoisotopic (exact) mass is 356 g/mol. The van der Waals surface area contributed by atoms with Crippen molar-refractivity contribution in [3.05, 3.63) is 30.3 Å². The Labute approximate surface area is 161 Å². The predicted molar refractivity (Wildman–Crippen MR) is 114 cm³/mol. The van der Waals surface area contributed by atoms with Gasteiger partial charge in [-0.3, -0.25) is 0 Å². The smallest absolute Gasteiger partial charge is 0.0449 e. The number of hydrogen-bond donors (Lipinski definition) is 1. The summed E-state index contributed by atoms with van der Waals surface area (Å²) in [6.45, 7) is 4.68. The van der Waals surface area contributed by atoms with E-state index >= 15 is 0 Å². The number of benzene rings is 1. The second-order valence-corrected chi connectivity index (χ2v) is 8.65. The van der Waals surface area contributed by atoms with Gasteiger partial charge in [-0.1, -0.05) is 82.9 Å². The first kappa shape index (κ1) is 19.7. The van der Waals surface area contributed by atoms with Gasteiger partial charge in [-0.25, -0.2) is 0 Å².